The van der Waals surface area contributed by atoms with Gasteiger partial charge >= 0.3 is 0 Å². The molecule has 1 fully saturated rings. The maximum atomic E-state index is 13.1. The van der Waals surface area contributed by atoms with Crippen LogP contribution in [0, 0.1) is 11.2 Å². The zero-order chi connectivity index (χ0) is 22.7. The average molecular weight is 470 g/mol. The Morgan fingerprint density at radius 1 is 1.16 bits per heavy atom. The Morgan fingerprint density at radius 3 is 2.62 bits per heavy atom. The molecule has 2 aromatic carbocycles. The van der Waals surface area contributed by atoms with Crippen LogP contribution in [0.5, 0.6) is 11.5 Å². The lowest BCUT2D eigenvalue weighted by Crippen LogP contribution is -2.11. The van der Waals surface area contributed by atoms with Crippen LogP contribution in [0.15, 0.2) is 47.4 Å². The van der Waals surface area contributed by atoms with E-state index in [0.717, 1.165) is 34.3 Å². The second-order valence-electron chi connectivity index (χ2n) is 6.99. The summed E-state index contributed by atoms with van der Waals surface area (Å²) in [7, 11) is 1.54. The van der Waals surface area contributed by atoms with Crippen molar-refractivity contribution in [1.29, 1.82) is 5.41 Å². The van der Waals surface area contributed by atoms with Crippen molar-refractivity contribution in [2.75, 3.05) is 7.11 Å². The first-order valence-corrected chi connectivity index (χ1v) is 11.5. The number of Topliss-reactive ketones (excluding diaryl/α,β-unsaturated/α-hetero) is 1. The summed E-state index contributed by atoms with van der Waals surface area (Å²) in [5.41, 5.74) is 1.59. The van der Waals surface area contributed by atoms with E-state index in [1.54, 1.807) is 37.5 Å². The molecule has 2 heterocycles. The van der Waals surface area contributed by atoms with Gasteiger partial charge in [-0.2, -0.15) is 0 Å². The smallest absolute Gasteiger partial charge is 0.186 e. The molecular weight excluding hydrogens is 449 g/mol. The molecule has 0 amide bonds. The van der Waals surface area contributed by atoms with Crippen LogP contribution in [0.25, 0.3) is 6.08 Å². The number of nitrogens with one attached hydrogen (secondary N) is 1. The van der Waals surface area contributed by atoms with Crippen LogP contribution in [0.1, 0.15) is 34.0 Å². The fourth-order valence-corrected chi connectivity index (χ4v) is 5.08. The van der Waals surface area contributed by atoms with E-state index in [1.807, 2.05) is 13.0 Å². The van der Waals surface area contributed by atoms with Gasteiger partial charge in [-0.25, -0.2) is 4.39 Å². The third kappa shape index (κ3) is 4.73. The average Bonchev–Trinajstić information content (AvgIpc) is 3.37. The third-order valence-corrected chi connectivity index (χ3v) is 6.94. The molecule has 0 aliphatic carbocycles. The molecule has 6 nitrogen and oxygen atoms in total. The molecule has 0 radical (unpaired) electrons. The number of hydrogen-bond acceptors (Lipinski definition) is 8. The number of hydrogen-bond donors (Lipinski definition) is 1. The van der Waals surface area contributed by atoms with Crippen LogP contribution in [-0.2, 0) is 17.8 Å². The van der Waals surface area contributed by atoms with Crippen LogP contribution < -0.4 is 9.47 Å². The molecule has 0 bridgehead atoms. The zero-order valence-corrected chi connectivity index (χ0v) is 19.1. The molecule has 0 unspecified atom stereocenters. The minimum Gasteiger partial charge on any atom is -0.493 e. The molecule has 1 aromatic heterocycles. The van der Waals surface area contributed by atoms with E-state index in [1.165, 1.54) is 23.5 Å². The van der Waals surface area contributed by atoms with E-state index in [-0.39, 0.29) is 23.3 Å². The van der Waals surface area contributed by atoms with Gasteiger partial charge in [-0.15, -0.1) is 21.5 Å². The van der Waals surface area contributed by atoms with Gasteiger partial charge in [0.25, 0.3) is 0 Å². The maximum absolute atomic E-state index is 13.1. The molecule has 9 heteroatoms. The van der Waals surface area contributed by atoms with E-state index in [9.17, 15) is 9.18 Å². The molecule has 32 heavy (non-hydrogen) atoms. The summed E-state index contributed by atoms with van der Waals surface area (Å²) in [4.78, 5) is 13.4. The van der Waals surface area contributed by atoms with Gasteiger partial charge in [0.05, 0.1) is 17.1 Å². The van der Waals surface area contributed by atoms with Crippen molar-refractivity contribution in [2.45, 2.75) is 25.9 Å². The molecule has 1 aliphatic heterocycles. The van der Waals surface area contributed by atoms with Crippen molar-refractivity contribution in [3.05, 3.63) is 74.3 Å². The number of carbonyl (C=O) groups excluding carboxylic acids is 1. The summed E-state index contributed by atoms with van der Waals surface area (Å²) in [6.07, 6.45) is 2.49. The summed E-state index contributed by atoms with van der Waals surface area (Å²) in [6.45, 7) is 2.25. The first-order chi connectivity index (χ1) is 15.5. The Balaban J connectivity index is 1.51. The molecule has 3 aromatic rings. The first-order valence-electron chi connectivity index (χ1n) is 9.88. The number of benzene rings is 2. The predicted octanol–water partition coefficient (Wildman–Crippen LogP) is 5.25. The van der Waals surface area contributed by atoms with Crippen molar-refractivity contribution >= 4 is 40.0 Å². The number of nitrogens with zero attached hydrogens (tertiary/aromatic N) is 2. The number of thioether (sulfide) groups is 1. The highest BCUT2D eigenvalue weighted by Gasteiger charge is 2.39. The molecular formula is C23H20FN3O3S2. The summed E-state index contributed by atoms with van der Waals surface area (Å²) >= 11 is 2.52. The summed E-state index contributed by atoms with van der Waals surface area (Å²) < 4.78 is 24.3. The van der Waals surface area contributed by atoms with Gasteiger partial charge in [0.2, 0.25) is 0 Å². The molecule has 4 rings (SSSR count). The highest BCUT2D eigenvalue weighted by Crippen LogP contribution is 2.42. The third-order valence-electron chi connectivity index (χ3n) is 4.81. The van der Waals surface area contributed by atoms with Gasteiger partial charge in [-0.05, 0) is 47.9 Å². The number of methoxy groups -OCH3 is 1. The fraction of sp³-hybridized carbons (Fsp3) is 0.217. The number of ketones is 1. The highest BCUT2D eigenvalue weighted by atomic mass is 32.2. The maximum Gasteiger partial charge on any atom is 0.186 e. The zero-order valence-electron chi connectivity index (χ0n) is 17.4. The van der Waals surface area contributed by atoms with E-state index >= 15 is 0 Å². The summed E-state index contributed by atoms with van der Waals surface area (Å²) in [5, 5.41) is 18.1. The Kier molecular flexibility index (Phi) is 6.66. The van der Waals surface area contributed by atoms with Crippen LogP contribution in [0.4, 0.5) is 4.39 Å². The van der Waals surface area contributed by atoms with Crippen LogP contribution in [0.3, 0.4) is 0 Å². The van der Waals surface area contributed by atoms with Crippen LogP contribution in [0.2, 0.25) is 0 Å². The van der Waals surface area contributed by atoms with E-state index in [0.29, 0.717) is 21.4 Å². The van der Waals surface area contributed by atoms with Gasteiger partial charge in [-0.3, -0.25) is 10.2 Å². The summed E-state index contributed by atoms with van der Waals surface area (Å²) in [6, 6.07) is 11.5. The SMILES string of the molecule is CCc1nnc([C@H]2C(=N)S/C(=C\c3ccc(OCc4ccc(F)cc4)c(OC)c3)C2=O)s1. The number of aromatic nitrogens is 2. The lowest BCUT2D eigenvalue weighted by molar-refractivity contribution is -0.114. The van der Waals surface area contributed by atoms with Crippen molar-refractivity contribution in [1.82, 2.24) is 10.2 Å². The van der Waals surface area contributed by atoms with Crippen molar-refractivity contribution in [3.8, 4) is 11.5 Å². The number of carbonyl (C=O) groups is 1. The van der Waals surface area contributed by atoms with Crippen molar-refractivity contribution in [3.63, 3.8) is 0 Å². The van der Waals surface area contributed by atoms with Gasteiger partial charge in [0, 0.05) is 0 Å². The fourth-order valence-electron chi connectivity index (χ4n) is 3.13. The van der Waals surface area contributed by atoms with Gasteiger partial charge in [0.1, 0.15) is 28.4 Å². The van der Waals surface area contributed by atoms with Gasteiger partial charge in [-0.1, -0.05) is 36.9 Å². The Hall–Kier alpha value is -3.04. The van der Waals surface area contributed by atoms with Crippen molar-refractivity contribution in [2.24, 2.45) is 0 Å². The van der Waals surface area contributed by atoms with E-state index in [2.05, 4.69) is 10.2 Å². The monoisotopic (exact) mass is 469 g/mol. The second kappa shape index (κ2) is 9.62. The number of rotatable bonds is 7. The number of halogens is 1. The molecule has 0 spiro atoms. The lowest BCUT2D eigenvalue weighted by Gasteiger charge is -2.11. The molecule has 164 valence electrons. The normalized spacial score (nSPS) is 17.2. The lowest BCUT2D eigenvalue weighted by atomic mass is 10.1. The molecule has 1 saturated heterocycles. The molecule has 0 saturated carbocycles. The van der Waals surface area contributed by atoms with Crippen LogP contribution in [-0.4, -0.2) is 28.1 Å². The molecule has 1 atom stereocenters. The second-order valence-corrected chi connectivity index (χ2v) is 9.16. The summed E-state index contributed by atoms with van der Waals surface area (Å²) in [5.74, 6) is -0.0647. The Morgan fingerprint density at radius 2 is 1.94 bits per heavy atom. The largest absolute Gasteiger partial charge is 0.493 e. The molecule has 1 N–H and O–H groups in total. The quantitative estimate of drug-likeness (QED) is 0.476. The minimum atomic E-state index is -0.677. The molecule has 1 aliphatic rings. The van der Waals surface area contributed by atoms with Crippen LogP contribution >= 0.6 is 23.1 Å². The van der Waals surface area contributed by atoms with Crippen molar-refractivity contribution < 1.29 is 18.7 Å². The first kappa shape index (κ1) is 22.2. The number of allylic oxidation sites excluding steroid dienone is 1. The minimum absolute atomic E-state index is 0.144. The number of ether oxygens (including phenoxy) is 2. The van der Waals surface area contributed by atoms with Gasteiger partial charge in [0.15, 0.2) is 17.3 Å². The Labute approximate surface area is 193 Å². The number of aryl methyl sites for hydroxylation is 1. The standard InChI is InChI=1S/C23H20FN3O3S2/c1-3-19-26-27-23(32-19)20-21(28)18(31-22(20)25)11-14-6-9-16(17(10-14)29-2)30-12-13-4-7-15(24)8-5-13/h4-11,20,25H,3,12H2,1-2H3/b18-11-,25-22?/t20-/m1/s1. The topological polar surface area (TPSA) is 85.2 Å². The van der Waals surface area contributed by atoms with E-state index < -0.39 is 5.92 Å². The van der Waals surface area contributed by atoms with E-state index in [4.69, 9.17) is 14.9 Å². The van der Waals surface area contributed by atoms with Gasteiger partial charge < -0.3 is 9.47 Å². The predicted molar refractivity (Wildman–Crippen MR) is 124 cm³/mol. The Bertz CT molecular complexity index is 1190. The highest BCUT2D eigenvalue weighted by molar-refractivity contribution is 8.19.